The van der Waals surface area contributed by atoms with Crippen LogP contribution in [-0.4, -0.2) is 70.2 Å². The number of aliphatic hydroxyl groups is 2. The maximum atomic E-state index is 14.0. The third kappa shape index (κ3) is 10.5. The Hall–Kier alpha value is -3.37. The van der Waals surface area contributed by atoms with Crippen molar-refractivity contribution in [3.8, 4) is 0 Å². The van der Waals surface area contributed by atoms with E-state index in [0.29, 0.717) is 43.1 Å². The smallest absolute Gasteiger partial charge is 0.253 e. The van der Waals surface area contributed by atoms with Crippen LogP contribution in [0.2, 0.25) is 0 Å². The van der Waals surface area contributed by atoms with E-state index in [-0.39, 0.29) is 23.5 Å². The number of amides is 3. The Bertz CT molecular complexity index is 1180. The Morgan fingerprint density at radius 2 is 1.38 bits per heavy atom. The lowest BCUT2D eigenvalue weighted by atomic mass is 9.91. The molecule has 4 N–H and O–H groups in total. The zero-order valence-electron chi connectivity index (χ0n) is 25.3. The molecule has 4 atom stereocenters. The number of unbranched alkanes of at least 4 members (excludes halogenated alkanes) is 1. The predicted octanol–water partition coefficient (Wildman–Crippen LogP) is 4.29. The Kier molecular flexibility index (Phi) is 14.0. The van der Waals surface area contributed by atoms with Gasteiger partial charge in [0.05, 0.1) is 12.1 Å². The molecular formula is C32H45F2N3O5. The molecule has 232 valence electrons. The third-order valence-electron chi connectivity index (χ3n) is 6.99. The van der Waals surface area contributed by atoms with Crippen molar-refractivity contribution in [1.29, 1.82) is 0 Å². The number of nitrogens with one attached hydrogen (secondary N) is 2. The minimum Gasteiger partial charge on any atom is -0.388 e. The summed E-state index contributed by atoms with van der Waals surface area (Å²) in [7, 11) is 0. The summed E-state index contributed by atoms with van der Waals surface area (Å²) in [6.07, 6.45) is 0.0743. The van der Waals surface area contributed by atoms with Gasteiger partial charge in [0.1, 0.15) is 23.8 Å². The van der Waals surface area contributed by atoms with Gasteiger partial charge in [-0.3, -0.25) is 14.4 Å². The minimum absolute atomic E-state index is 0.156. The molecule has 8 nitrogen and oxygen atoms in total. The first-order valence-electron chi connectivity index (χ1n) is 14.7. The molecule has 0 aliphatic rings. The van der Waals surface area contributed by atoms with Crippen LogP contribution >= 0.6 is 0 Å². The summed E-state index contributed by atoms with van der Waals surface area (Å²) in [5, 5.41) is 27.7. The summed E-state index contributed by atoms with van der Waals surface area (Å²) in [5.41, 5.74) is 1.33. The largest absolute Gasteiger partial charge is 0.388 e. The molecule has 0 saturated heterocycles. The van der Waals surface area contributed by atoms with Crippen LogP contribution in [0.4, 0.5) is 8.78 Å². The molecule has 10 heteroatoms. The first kappa shape index (κ1) is 34.8. The Morgan fingerprint density at radius 3 is 1.93 bits per heavy atom. The van der Waals surface area contributed by atoms with E-state index in [9.17, 15) is 33.4 Å². The quantitative estimate of drug-likeness (QED) is 0.233. The number of carbonyl (C=O) groups excluding carboxylic acids is 3. The lowest BCUT2D eigenvalue weighted by Crippen LogP contribution is -2.56. The molecule has 0 aliphatic heterocycles. The number of aliphatic hydroxyl groups excluding tert-OH is 2. The molecule has 0 fully saturated rings. The number of aryl methyl sites for hydroxylation is 1. The van der Waals surface area contributed by atoms with Gasteiger partial charge >= 0.3 is 0 Å². The zero-order valence-corrected chi connectivity index (χ0v) is 25.3. The van der Waals surface area contributed by atoms with Crippen LogP contribution in [0.1, 0.15) is 91.6 Å². The Labute approximate surface area is 247 Å². The van der Waals surface area contributed by atoms with Crippen LogP contribution in [-0.2, 0) is 11.2 Å². The van der Waals surface area contributed by atoms with Crippen molar-refractivity contribution >= 4 is 17.7 Å². The molecule has 0 saturated carbocycles. The van der Waals surface area contributed by atoms with E-state index in [4.69, 9.17) is 0 Å². The fourth-order valence-corrected chi connectivity index (χ4v) is 5.06. The first-order chi connectivity index (χ1) is 19.9. The highest BCUT2D eigenvalue weighted by molar-refractivity contribution is 6.00. The summed E-state index contributed by atoms with van der Waals surface area (Å²) in [6, 6.07) is 5.66. The van der Waals surface area contributed by atoms with Gasteiger partial charge in [0.15, 0.2) is 0 Å². The van der Waals surface area contributed by atoms with Crippen LogP contribution in [0.15, 0.2) is 36.4 Å². The minimum atomic E-state index is -1.61. The van der Waals surface area contributed by atoms with Gasteiger partial charge in [0, 0.05) is 37.2 Å². The molecule has 2 rings (SSSR count). The van der Waals surface area contributed by atoms with E-state index >= 15 is 0 Å². The highest BCUT2D eigenvalue weighted by atomic mass is 19.1. The van der Waals surface area contributed by atoms with E-state index in [0.717, 1.165) is 31.4 Å². The van der Waals surface area contributed by atoms with E-state index in [1.807, 2.05) is 20.8 Å². The number of nitrogens with zero attached hydrogens (tertiary/aromatic N) is 1. The number of benzene rings is 2. The molecule has 0 radical (unpaired) electrons. The van der Waals surface area contributed by atoms with Crippen LogP contribution < -0.4 is 10.6 Å². The lowest BCUT2D eigenvalue weighted by Gasteiger charge is -2.33. The summed E-state index contributed by atoms with van der Waals surface area (Å²) in [5.74, 6) is -2.88. The fraction of sp³-hybridized carbons (Fsp3) is 0.531. The van der Waals surface area contributed by atoms with Gasteiger partial charge in [0.25, 0.3) is 11.8 Å². The molecule has 4 unspecified atom stereocenters. The highest BCUT2D eigenvalue weighted by Gasteiger charge is 2.34. The SMILES string of the molecule is CCCCC(NC(C)=O)C(O)C(O)C(Cc1cc(F)cc(F)c1)NC(=O)c1cc(C)cc(C(=O)N(CCC)CCC)c1. The zero-order chi connectivity index (χ0) is 31.4. The van der Waals surface area contributed by atoms with Crippen LogP contribution in [0, 0.1) is 18.6 Å². The normalized spacial score (nSPS) is 14.0. The number of halogens is 2. The number of hydrogen-bond acceptors (Lipinski definition) is 5. The van der Waals surface area contributed by atoms with Gasteiger partial charge in [-0.2, -0.15) is 0 Å². The van der Waals surface area contributed by atoms with Gasteiger partial charge in [-0.1, -0.05) is 33.6 Å². The number of hydrogen-bond donors (Lipinski definition) is 4. The van der Waals surface area contributed by atoms with Crippen molar-refractivity contribution in [1.82, 2.24) is 15.5 Å². The molecule has 3 amide bonds. The average Bonchev–Trinajstić information content (AvgIpc) is 2.92. The van der Waals surface area contributed by atoms with Crippen molar-refractivity contribution in [2.45, 2.75) is 97.4 Å². The van der Waals surface area contributed by atoms with Gasteiger partial charge in [-0.25, -0.2) is 8.78 Å². The third-order valence-corrected chi connectivity index (χ3v) is 6.99. The van der Waals surface area contributed by atoms with Crippen LogP contribution in [0.3, 0.4) is 0 Å². The average molecular weight is 590 g/mol. The van der Waals surface area contributed by atoms with Crippen molar-refractivity contribution in [3.05, 3.63) is 70.3 Å². The van der Waals surface area contributed by atoms with E-state index in [1.54, 1.807) is 24.0 Å². The van der Waals surface area contributed by atoms with E-state index in [2.05, 4.69) is 10.6 Å². The summed E-state index contributed by atoms with van der Waals surface area (Å²) in [6.45, 7) is 10.1. The maximum Gasteiger partial charge on any atom is 0.253 e. The van der Waals surface area contributed by atoms with Crippen molar-refractivity contribution in [2.24, 2.45) is 0 Å². The molecule has 2 aromatic rings. The second-order valence-electron chi connectivity index (χ2n) is 10.9. The number of carbonyl (C=O) groups is 3. The number of rotatable bonds is 16. The van der Waals surface area contributed by atoms with E-state index < -0.39 is 47.7 Å². The molecule has 0 heterocycles. The summed E-state index contributed by atoms with van der Waals surface area (Å²) in [4.78, 5) is 40.3. The molecule has 0 aliphatic carbocycles. The molecule has 0 aromatic heterocycles. The van der Waals surface area contributed by atoms with Gasteiger partial charge in [-0.05, 0) is 74.1 Å². The Balaban J connectivity index is 2.43. The highest BCUT2D eigenvalue weighted by Crippen LogP contribution is 2.19. The summed E-state index contributed by atoms with van der Waals surface area (Å²) >= 11 is 0. The molecule has 0 bridgehead atoms. The van der Waals surface area contributed by atoms with Crippen molar-refractivity contribution in [2.75, 3.05) is 13.1 Å². The first-order valence-corrected chi connectivity index (χ1v) is 14.7. The van der Waals surface area contributed by atoms with Crippen molar-refractivity contribution in [3.63, 3.8) is 0 Å². The molecule has 0 spiro atoms. The second-order valence-corrected chi connectivity index (χ2v) is 10.9. The topological polar surface area (TPSA) is 119 Å². The maximum absolute atomic E-state index is 14.0. The molecular weight excluding hydrogens is 544 g/mol. The molecule has 2 aromatic carbocycles. The standard InChI is InChI=1S/C32H45F2N3O5/c1-6-9-10-27(35-21(5)38)29(39)30(40)28(17-22-15-25(33)19-26(34)16-22)36-31(41)23-13-20(4)14-24(18-23)32(42)37(11-7-2)12-8-3/h13-16,18-19,27-30,39-40H,6-12,17H2,1-5H3,(H,35,38)(H,36,41). The molecule has 42 heavy (non-hydrogen) atoms. The summed E-state index contributed by atoms with van der Waals surface area (Å²) < 4.78 is 28.0. The van der Waals surface area contributed by atoms with E-state index in [1.165, 1.54) is 13.0 Å². The second kappa shape index (κ2) is 16.9. The fourth-order valence-electron chi connectivity index (χ4n) is 5.06. The van der Waals surface area contributed by atoms with Gasteiger partial charge < -0.3 is 25.7 Å². The van der Waals surface area contributed by atoms with Gasteiger partial charge in [0.2, 0.25) is 5.91 Å². The van der Waals surface area contributed by atoms with Crippen molar-refractivity contribution < 1.29 is 33.4 Å². The lowest BCUT2D eigenvalue weighted by molar-refractivity contribution is -0.121. The van der Waals surface area contributed by atoms with Gasteiger partial charge in [-0.15, -0.1) is 0 Å². The predicted molar refractivity (Wildman–Crippen MR) is 158 cm³/mol. The Morgan fingerprint density at radius 1 is 0.810 bits per heavy atom. The monoisotopic (exact) mass is 589 g/mol. The van der Waals surface area contributed by atoms with Crippen LogP contribution in [0.5, 0.6) is 0 Å². The van der Waals surface area contributed by atoms with Crippen LogP contribution in [0.25, 0.3) is 0 Å².